The average Bonchev–Trinajstić information content (AvgIpc) is 3.33. The lowest BCUT2D eigenvalue weighted by Gasteiger charge is -2.25. The quantitative estimate of drug-likeness (QED) is 0.473. The van der Waals surface area contributed by atoms with Gasteiger partial charge in [-0.05, 0) is 47.4 Å². The molecule has 0 bridgehead atoms. The van der Waals surface area contributed by atoms with Crippen molar-refractivity contribution in [1.82, 2.24) is 15.5 Å². The maximum atomic E-state index is 12.6. The second kappa shape index (κ2) is 10.2. The highest BCUT2D eigenvalue weighted by molar-refractivity contribution is 5.95. The first-order valence-electron chi connectivity index (χ1n) is 9.76. The number of ether oxygens (including phenoxy) is 1. The first-order valence-corrected chi connectivity index (χ1v) is 9.76. The van der Waals surface area contributed by atoms with E-state index in [-0.39, 0.29) is 11.9 Å². The smallest absolute Gasteiger partial charge is 0.490 e. The summed E-state index contributed by atoms with van der Waals surface area (Å²) in [6, 6.07) is 13.5. The van der Waals surface area contributed by atoms with Gasteiger partial charge < -0.3 is 20.5 Å². The molecule has 0 radical (unpaired) electrons. The van der Waals surface area contributed by atoms with Crippen LogP contribution in [0.15, 0.2) is 54.9 Å². The van der Waals surface area contributed by atoms with Gasteiger partial charge >= 0.3 is 12.1 Å². The fourth-order valence-corrected chi connectivity index (χ4v) is 3.19. The summed E-state index contributed by atoms with van der Waals surface area (Å²) in [7, 11) is 1.65. The van der Waals surface area contributed by atoms with E-state index < -0.39 is 12.1 Å². The van der Waals surface area contributed by atoms with Crippen LogP contribution in [0.3, 0.4) is 0 Å². The Hall–Kier alpha value is -3.86. The molecule has 3 aromatic rings. The molecular formula is C22H21F3N4O4. The Morgan fingerprint density at radius 2 is 1.82 bits per heavy atom. The number of amides is 1. The van der Waals surface area contributed by atoms with Crippen LogP contribution in [-0.2, 0) is 22.6 Å². The lowest BCUT2D eigenvalue weighted by molar-refractivity contribution is -0.192. The number of hydrogen-bond acceptors (Lipinski definition) is 5. The molecule has 174 valence electrons. The Bertz CT molecular complexity index is 1100. The van der Waals surface area contributed by atoms with Gasteiger partial charge in [-0.1, -0.05) is 18.2 Å². The molecule has 4 rings (SSSR count). The summed E-state index contributed by atoms with van der Waals surface area (Å²) < 4.78 is 37.0. The number of rotatable bonds is 4. The average molecular weight is 462 g/mol. The molecule has 1 amide bonds. The van der Waals surface area contributed by atoms with Crippen LogP contribution in [0.2, 0.25) is 0 Å². The van der Waals surface area contributed by atoms with Crippen molar-refractivity contribution in [1.29, 1.82) is 0 Å². The van der Waals surface area contributed by atoms with E-state index in [4.69, 9.17) is 14.6 Å². The van der Waals surface area contributed by atoms with E-state index in [0.29, 0.717) is 13.0 Å². The van der Waals surface area contributed by atoms with E-state index in [9.17, 15) is 18.0 Å². The van der Waals surface area contributed by atoms with Gasteiger partial charge in [0.2, 0.25) is 5.91 Å². The summed E-state index contributed by atoms with van der Waals surface area (Å²) >= 11 is 0. The summed E-state index contributed by atoms with van der Waals surface area (Å²) in [4.78, 5) is 21.5. The zero-order chi connectivity index (χ0) is 24.0. The highest BCUT2D eigenvalue weighted by Gasteiger charge is 2.38. The molecule has 8 nitrogen and oxygen atoms in total. The number of carbonyl (C=O) groups is 2. The standard InChI is InChI=1S/C20H20N4O2.C2HF3O2/c1-26-18-7-4-14-10-21-19(9-15(14)8-18)20(25)24-17-5-2-13(3-6-17)16-11-22-23-12-16;3-2(4,5)1(6)7/h2-8,11-12,19,21H,9-10H2,1H3,(H,22,23)(H,24,25);(H,6,7)/t19-;/m1./s1. The first kappa shape index (κ1) is 23.8. The predicted octanol–water partition coefficient (Wildman–Crippen LogP) is 3.37. The number of fused-ring (bicyclic) bond motifs is 1. The van der Waals surface area contributed by atoms with Crippen LogP contribution < -0.4 is 15.4 Å². The van der Waals surface area contributed by atoms with E-state index in [1.807, 2.05) is 48.7 Å². The number of alkyl halides is 3. The van der Waals surface area contributed by atoms with E-state index in [1.165, 1.54) is 5.56 Å². The lowest BCUT2D eigenvalue weighted by atomic mass is 9.95. The molecule has 0 spiro atoms. The zero-order valence-corrected chi connectivity index (χ0v) is 17.4. The number of carboxylic acids is 1. The molecular weight excluding hydrogens is 441 g/mol. The highest BCUT2D eigenvalue weighted by atomic mass is 19.4. The third kappa shape index (κ3) is 6.32. The largest absolute Gasteiger partial charge is 0.497 e. The van der Waals surface area contributed by atoms with Crippen molar-refractivity contribution in [3.8, 4) is 16.9 Å². The lowest BCUT2D eigenvalue weighted by Crippen LogP contribution is -2.44. The summed E-state index contributed by atoms with van der Waals surface area (Å²) in [5, 5.41) is 20.2. The number of H-pyrrole nitrogens is 1. The number of anilines is 1. The monoisotopic (exact) mass is 462 g/mol. The number of halogens is 3. The molecule has 4 N–H and O–H groups in total. The van der Waals surface area contributed by atoms with E-state index in [1.54, 1.807) is 13.3 Å². The molecule has 0 saturated carbocycles. The molecule has 1 atom stereocenters. The Morgan fingerprint density at radius 3 is 2.39 bits per heavy atom. The minimum absolute atomic E-state index is 0.0328. The molecule has 1 aromatic heterocycles. The maximum absolute atomic E-state index is 12.6. The van der Waals surface area contributed by atoms with Gasteiger partial charge in [-0.3, -0.25) is 9.89 Å². The van der Waals surface area contributed by atoms with Crippen molar-refractivity contribution in [2.24, 2.45) is 0 Å². The summed E-state index contributed by atoms with van der Waals surface area (Å²) in [5.41, 5.74) is 5.20. The van der Waals surface area contributed by atoms with E-state index in [0.717, 1.165) is 28.1 Å². The van der Waals surface area contributed by atoms with Crippen molar-refractivity contribution in [2.45, 2.75) is 25.2 Å². The van der Waals surface area contributed by atoms with Crippen LogP contribution in [0.1, 0.15) is 11.1 Å². The summed E-state index contributed by atoms with van der Waals surface area (Å²) in [6.07, 6.45) is -0.831. The Labute approximate surface area is 186 Å². The number of methoxy groups -OCH3 is 1. The fraction of sp³-hybridized carbons (Fsp3) is 0.227. The third-order valence-corrected chi connectivity index (χ3v) is 4.92. The van der Waals surface area contributed by atoms with Gasteiger partial charge in [0.25, 0.3) is 0 Å². The minimum atomic E-state index is -5.08. The second-order valence-corrected chi connectivity index (χ2v) is 7.13. The molecule has 33 heavy (non-hydrogen) atoms. The Kier molecular flexibility index (Phi) is 7.34. The van der Waals surface area contributed by atoms with Gasteiger partial charge in [0, 0.05) is 24.0 Å². The van der Waals surface area contributed by atoms with Crippen LogP contribution >= 0.6 is 0 Å². The van der Waals surface area contributed by atoms with Crippen LogP contribution in [0.4, 0.5) is 18.9 Å². The van der Waals surface area contributed by atoms with Crippen LogP contribution in [0.25, 0.3) is 11.1 Å². The molecule has 1 aliphatic rings. The van der Waals surface area contributed by atoms with Gasteiger partial charge in [-0.25, -0.2) is 4.79 Å². The number of aliphatic carboxylic acids is 1. The maximum Gasteiger partial charge on any atom is 0.490 e. The van der Waals surface area contributed by atoms with E-state index >= 15 is 0 Å². The number of carbonyl (C=O) groups excluding carboxylic acids is 1. The summed E-state index contributed by atoms with van der Waals surface area (Å²) in [6.45, 7) is 0.677. The normalized spacial score (nSPS) is 15.0. The van der Waals surface area contributed by atoms with Crippen LogP contribution in [0.5, 0.6) is 5.75 Å². The predicted molar refractivity (Wildman–Crippen MR) is 114 cm³/mol. The Morgan fingerprint density at radius 1 is 1.12 bits per heavy atom. The number of aromatic amines is 1. The third-order valence-electron chi connectivity index (χ3n) is 4.92. The molecule has 0 saturated heterocycles. The van der Waals surface area contributed by atoms with Crippen molar-refractivity contribution in [3.05, 3.63) is 66.0 Å². The van der Waals surface area contributed by atoms with Gasteiger partial charge in [0.1, 0.15) is 5.75 Å². The molecule has 1 aliphatic heterocycles. The van der Waals surface area contributed by atoms with Gasteiger partial charge in [-0.15, -0.1) is 0 Å². The van der Waals surface area contributed by atoms with Gasteiger partial charge in [0.05, 0.1) is 19.3 Å². The zero-order valence-electron chi connectivity index (χ0n) is 17.4. The first-order chi connectivity index (χ1) is 15.7. The fourth-order valence-electron chi connectivity index (χ4n) is 3.19. The molecule has 0 aliphatic carbocycles. The second-order valence-electron chi connectivity index (χ2n) is 7.13. The van der Waals surface area contributed by atoms with Gasteiger partial charge in [-0.2, -0.15) is 18.3 Å². The van der Waals surface area contributed by atoms with Crippen molar-refractivity contribution in [2.75, 3.05) is 12.4 Å². The van der Waals surface area contributed by atoms with Crippen LogP contribution in [-0.4, -0.2) is 46.5 Å². The van der Waals surface area contributed by atoms with Gasteiger partial charge in [0.15, 0.2) is 0 Å². The molecule has 0 unspecified atom stereocenters. The molecule has 2 heterocycles. The number of hydrogen-bond donors (Lipinski definition) is 4. The SMILES string of the molecule is COc1ccc2c(c1)C[C@H](C(=O)Nc1ccc(-c3cn[nH]c3)cc1)NC2.O=C(O)C(F)(F)F. The topological polar surface area (TPSA) is 116 Å². The molecule has 0 fully saturated rings. The number of aromatic nitrogens is 2. The number of nitrogens with zero attached hydrogens (tertiary/aromatic N) is 1. The molecule has 11 heteroatoms. The van der Waals surface area contributed by atoms with E-state index in [2.05, 4.69) is 20.8 Å². The van der Waals surface area contributed by atoms with Crippen LogP contribution in [0, 0.1) is 0 Å². The van der Waals surface area contributed by atoms with Crippen molar-refractivity contribution in [3.63, 3.8) is 0 Å². The Balaban J connectivity index is 0.000000383. The summed E-state index contributed by atoms with van der Waals surface area (Å²) in [5.74, 6) is -1.97. The number of carboxylic acid groups (broad SMARTS) is 1. The van der Waals surface area contributed by atoms with Crippen molar-refractivity contribution >= 4 is 17.6 Å². The van der Waals surface area contributed by atoms with Crippen molar-refractivity contribution < 1.29 is 32.6 Å². The molecule has 2 aromatic carbocycles. The number of benzene rings is 2. The minimum Gasteiger partial charge on any atom is -0.497 e. The highest BCUT2D eigenvalue weighted by Crippen LogP contribution is 2.24. The number of nitrogens with one attached hydrogen (secondary N) is 3.